The van der Waals surface area contributed by atoms with E-state index in [1.165, 1.54) is 12.1 Å². The first-order valence-electron chi connectivity index (χ1n) is 6.96. The fraction of sp³-hybridized carbons (Fsp3) is 0.111. The highest BCUT2D eigenvalue weighted by molar-refractivity contribution is 6.30. The number of benzene rings is 2. The first kappa shape index (κ1) is 16.8. The molecule has 2 aromatic carbocycles. The van der Waals surface area contributed by atoms with E-state index < -0.39 is 17.4 Å². The number of aryl methyl sites for hydroxylation is 1. The molecule has 0 heterocycles. The lowest BCUT2D eigenvalue weighted by molar-refractivity contribution is -0.115. The first-order chi connectivity index (χ1) is 10.9. The number of nitrogens with one attached hydrogen (secondary N) is 1. The molecule has 4 nitrogen and oxygen atoms in total. The molecule has 5 heteroatoms. The summed E-state index contributed by atoms with van der Waals surface area (Å²) in [6.45, 7) is 3.79. The zero-order valence-electron chi connectivity index (χ0n) is 12.8. The molecule has 0 radical (unpaired) electrons. The number of rotatable bonds is 4. The summed E-state index contributed by atoms with van der Waals surface area (Å²) >= 11 is 5.75. The van der Waals surface area contributed by atoms with Gasteiger partial charge in [0.2, 0.25) is 0 Å². The maximum absolute atomic E-state index is 12.0. The number of hydrogen-bond donors (Lipinski definition) is 2. The highest BCUT2D eigenvalue weighted by Gasteiger charge is 2.13. The molecule has 0 unspecified atom stereocenters. The van der Waals surface area contributed by atoms with Crippen LogP contribution in [0.3, 0.4) is 0 Å². The summed E-state index contributed by atoms with van der Waals surface area (Å²) in [5, 5.41) is 12.9. The van der Waals surface area contributed by atoms with Crippen LogP contribution in [0, 0.1) is 13.8 Å². The maximum atomic E-state index is 12.0. The van der Waals surface area contributed by atoms with Crippen LogP contribution in [0.1, 0.15) is 21.5 Å². The lowest BCUT2D eigenvalue weighted by Crippen LogP contribution is -2.16. The Morgan fingerprint density at radius 1 is 1.09 bits per heavy atom. The van der Waals surface area contributed by atoms with Crippen molar-refractivity contribution < 1.29 is 14.7 Å². The standard InChI is InChI=1S/C18H16ClNO3/c1-11-4-3-5-15(12(11)2)20-18(23)17(22)10-16(21)13-6-8-14(19)9-7-13/h3-10,22H,1-2H3,(H,20,23)/b17-10-. The Hall–Kier alpha value is -2.59. The van der Waals surface area contributed by atoms with Crippen LogP contribution in [0.15, 0.2) is 54.3 Å². The zero-order valence-corrected chi connectivity index (χ0v) is 13.5. The van der Waals surface area contributed by atoms with Gasteiger partial charge in [0.1, 0.15) is 0 Å². The van der Waals surface area contributed by atoms with Crippen molar-refractivity contribution in [1.82, 2.24) is 0 Å². The van der Waals surface area contributed by atoms with Gasteiger partial charge in [-0.25, -0.2) is 0 Å². The minimum Gasteiger partial charge on any atom is -0.503 e. The van der Waals surface area contributed by atoms with E-state index in [2.05, 4.69) is 5.32 Å². The smallest absolute Gasteiger partial charge is 0.290 e. The molecule has 2 rings (SSSR count). The molecule has 23 heavy (non-hydrogen) atoms. The molecule has 0 saturated carbocycles. The van der Waals surface area contributed by atoms with Gasteiger partial charge >= 0.3 is 0 Å². The van der Waals surface area contributed by atoms with Crippen molar-refractivity contribution in [3.8, 4) is 0 Å². The van der Waals surface area contributed by atoms with Crippen LogP contribution >= 0.6 is 11.6 Å². The zero-order chi connectivity index (χ0) is 17.0. The molecule has 1 amide bonds. The minimum atomic E-state index is -0.735. The van der Waals surface area contributed by atoms with Crippen LogP contribution in [0.5, 0.6) is 0 Å². The summed E-state index contributed by atoms with van der Waals surface area (Å²) in [6, 6.07) is 11.6. The second-order valence-corrected chi connectivity index (χ2v) is 5.54. The molecular weight excluding hydrogens is 314 g/mol. The first-order valence-corrected chi connectivity index (χ1v) is 7.34. The number of amides is 1. The number of aliphatic hydroxyl groups excluding tert-OH is 1. The largest absolute Gasteiger partial charge is 0.503 e. The Bertz CT molecular complexity index is 779. The van der Waals surface area contributed by atoms with E-state index in [-0.39, 0.29) is 0 Å². The van der Waals surface area contributed by atoms with E-state index >= 15 is 0 Å². The molecule has 2 N–H and O–H groups in total. The van der Waals surface area contributed by atoms with E-state index in [0.29, 0.717) is 16.3 Å². The molecule has 118 valence electrons. The van der Waals surface area contributed by atoms with E-state index in [1.807, 2.05) is 19.9 Å². The summed E-state index contributed by atoms with van der Waals surface area (Å²) in [5.74, 6) is -1.86. The van der Waals surface area contributed by atoms with Crippen LogP contribution in [-0.2, 0) is 4.79 Å². The average molecular weight is 330 g/mol. The van der Waals surface area contributed by atoms with Crippen LogP contribution in [0.2, 0.25) is 5.02 Å². The molecule has 2 aromatic rings. The number of carbonyl (C=O) groups is 2. The molecule has 0 aliphatic heterocycles. The fourth-order valence-electron chi connectivity index (χ4n) is 1.96. The third-order valence-corrected chi connectivity index (χ3v) is 3.73. The fourth-order valence-corrected chi connectivity index (χ4v) is 2.09. The van der Waals surface area contributed by atoms with Crippen molar-refractivity contribution in [2.75, 3.05) is 5.32 Å². The molecule has 0 bridgehead atoms. The average Bonchev–Trinajstić information content (AvgIpc) is 2.52. The normalized spacial score (nSPS) is 11.2. The van der Waals surface area contributed by atoms with Gasteiger partial charge in [-0.2, -0.15) is 0 Å². The van der Waals surface area contributed by atoms with E-state index in [9.17, 15) is 14.7 Å². The molecule has 0 saturated heterocycles. The molecule has 0 fully saturated rings. The molecule has 0 aliphatic rings. The van der Waals surface area contributed by atoms with Crippen molar-refractivity contribution >= 4 is 29.0 Å². The number of carbonyl (C=O) groups excluding carboxylic acids is 2. The number of anilines is 1. The molecule has 0 aliphatic carbocycles. The second kappa shape index (κ2) is 7.11. The van der Waals surface area contributed by atoms with Gasteiger partial charge in [-0.15, -0.1) is 0 Å². The third kappa shape index (κ3) is 4.20. The van der Waals surface area contributed by atoms with Gasteiger partial charge in [0.05, 0.1) is 0 Å². The van der Waals surface area contributed by atoms with Crippen LogP contribution < -0.4 is 5.32 Å². The van der Waals surface area contributed by atoms with E-state index in [1.54, 1.807) is 24.3 Å². The third-order valence-electron chi connectivity index (χ3n) is 3.48. The predicted octanol–water partition coefficient (Wildman–Crippen LogP) is 4.22. The quantitative estimate of drug-likeness (QED) is 0.501. The van der Waals surface area contributed by atoms with Gasteiger partial charge in [-0.05, 0) is 55.3 Å². The van der Waals surface area contributed by atoms with Crippen molar-refractivity contribution in [3.63, 3.8) is 0 Å². The van der Waals surface area contributed by atoms with Crippen LogP contribution in [0.4, 0.5) is 5.69 Å². The lowest BCUT2D eigenvalue weighted by Gasteiger charge is -2.09. The Balaban J connectivity index is 2.14. The van der Waals surface area contributed by atoms with Gasteiger partial charge in [0.25, 0.3) is 5.91 Å². The van der Waals surface area contributed by atoms with Gasteiger partial charge in [-0.3, -0.25) is 9.59 Å². The number of hydrogen-bond acceptors (Lipinski definition) is 3. The molecule has 0 aromatic heterocycles. The molecular formula is C18H16ClNO3. The predicted molar refractivity (Wildman–Crippen MR) is 91.0 cm³/mol. The molecule has 0 atom stereocenters. The van der Waals surface area contributed by atoms with Gasteiger partial charge in [-0.1, -0.05) is 23.7 Å². The Kier molecular flexibility index (Phi) is 5.19. The van der Waals surface area contributed by atoms with Gasteiger partial charge < -0.3 is 10.4 Å². The summed E-state index contributed by atoms with van der Waals surface area (Å²) in [6.07, 6.45) is 0.893. The lowest BCUT2D eigenvalue weighted by atomic mass is 10.1. The molecule has 0 spiro atoms. The van der Waals surface area contributed by atoms with Crippen molar-refractivity contribution in [1.29, 1.82) is 0 Å². The Labute approximate surface area is 139 Å². The number of ketones is 1. The summed E-state index contributed by atoms with van der Waals surface area (Å²) in [5.41, 5.74) is 2.84. The topological polar surface area (TPSA) is 66.4 Å². The number of aliphatic hydroxyl groups is 1. The van der Waals surface area contributed by atoms with Gasteiger partial charge in [0.15, 0.2) is 11.5 Å². The van der Waals surface area contributed by atoms with Crippen molar-refractivity contribution in [2.24, 2.45) is 0 Å². The van der Waals surface area contributed by atoms with E-state index in [0.717, 1.165) is 17.2 Å². The van der Waals surface area contributed by atoms with Gasteiger partial charge in [0, 0.05) is 22.3 Å². The van der Waals surface area contributed by atoms with Crippen LogP contribution in [-0.4, -0.2) is 16.8 Å². The highest BCUT2D eigenvalue weighted by atomic mass is 35.5. The summed E-state index contributed by atoms with van der Waals surface area (Å²) < 4.78 is 0. The van der Waals surface area contributed by atoms with Crippen molar-refractivity contribution in [2.45, 2.75) is 13.8 Å². The minimum absolute atomic E-state index is 0.334. The van der Waals surface area contributed by atoms with Crippen LogP contribution in [0.25, 0.3) is 0 Å². The number of allylic oxidation sites excluding steroid dienone is 1. The maximum Gasteiger partial charge on any atom is 0.290 e. The SMILES string of the molecule is Cc1cccc(NC(=O)/C(O)=C/C(=O)c2ccc(Cl)cc2)c1C. The summed E-state index contributed by atoms with van der Waals surface area (Å²) in [4.78, 5) is 24.0. The Morgan fingerprint density at radius 3 is 2.39 bits per heavy atom. The van der Waals surface area contributed by atoms with E-state index in [4.69, 9.17) is 11.6 Å². The Morgan fingerprint density at radius 2 is 1.74 bits per heavy atom. The monoisotopic (exact) mass is 329 g/mol. The van der Waals surface area contributed by atoms with Crippen molar-refractivity contribution in [3.05, 3.63) is 76.0 Å². The highest BCUT2D eigenvalue weighted by Crippen LogP contribution is 2.18. The summed E-state index contributed by atoms with van der Waals surface area (Å²) in [7, 11) is 0. The number of halogens is 1. The second-order valence-electron chi connectivity index (χ2n) is 5.10.